The van der Waals surface area contributed by atoms with Crippen LogP contribution in [0.15, 0.2) is 16.5 Å². The van der Waals surface area contributed by atoms with Gasteiger partial charge in [0, 0.05) is 6.42 Å². The van der Waals surface area contributed by atoms with Crippen LogP contribution in [0.4, 0.5) is 0 Å². The lowest BCUT2D eigenvalue weighted by Gasteiger charge is -2.03. The van der Waals surface area contributed by atoms with Crippen molar-refractivity contribution in [3.63, 3.8) is 0 Å². The lowest BCUT2D eigenvalue weighted by Crippen LogP contribution is -2.01. The number of Topliss-reactive ketones (excluding diaryl/α,β-unsaturated/α-hetero) is 1. The summed E-state index contributed by atoms with van der Waals surface area (Å²) in [6.45, 7) is 1.20. The Morgan fingerprint density at radius 2 is 2.31 bits per heavy atom. The van der Waals surface area contributed by atoms with Crippen LogP contribution in [0.25, 0.3) is 0 Å². The molecule has 13 heavy (non-hydrogen) atoms. The Labute approximate surface area is 75.8 Å². The van der Waals surface area contributed by atoms with Crippen LogP contribution in [0, 0.1) is 0 Å². The molecule has 1 atom stereocenters. The fourth-order valence-corrected chi connectivity index (χ4v) is 1.03. The molecule has 1 aromatic heterocycles. The summed E-state index contributed by atoms with van der Waals surface area (Å²) in [5.41, 5.74) is 0. The van der Waals surface area contributed by atoms with Gasteiger partial charge in [-0.25, -0.2) is 0 Å². The normalized spacial score (nSPS) is 12.8. The Morgan fingerprint density at radius 1 is 1.62 bits per heavy atom. The monoisotopic (exact) mass is 184 g/mol. The summed E-state index contributed by atoms with van der Waals surface area (Å²) >= 11 is 0. The van der Waals surface area contributed by atoms with Gasteiger partial charge in [-0.1, -0.05) is 0 Å². The second-order valence-electron chi connectivity index (χ2n) is 2.88. The maximum Gasteiger partial charge on any atom is 0.133 e. The van der Waals surface area contributed by atoms with Crippen LogP contribution in [0.1, 0.15) is 31.0 Å². The first-order valence-corrected chi connectivity index (χ1v) is 4.00. The molecule has 4 heteroatoms. The molecule has 4 nitrogen and oxygen atoms in total. The van der Waals surface area contributed by atoms with Crippen molar-refractivity contribution in [2.75, 3.05) is 0 Å². The summed E-state index contributed by atoms with van der Waals surface area (Å²) in [4.78, 5) is 10.7. The van der Waals surface area contributed by atoms with Crippen molar-refractivity contribution >= 4 is 5.78 Å². The minimum atomic E-state index is -0.905. The molecule has 0 aliphatic heterocycles. The maximum atomic E-state index is 10.7. The molecule has 0 saturated heterocycles. The van der Waals surface area contributed by atoms with Gasteiger partial charge in [-0.05, 0) is 19.1 Å². The molecule has 0 aromatic carbocycles. The van der Waals surface area contributed by atoms with Crippen LogP contribution in [0.3, 0.4) is 0 Å². The zero-order valence-corrected chi connectivity index (χ0v) is 7.36. The van der Waals surface area contributed by atoms with E-state index in [2.05, 4.69) is 0 Å². The standard InChI is InChI=1S/C9H12O4/c1-6(11)4-8(12)9-3-2-7(5-10)13-9/h2-3,8,10,12H,4-5H2,1H3/t8-/m1/s1. The number of hydrogen-bond acceptors (Lipinski definition) is 4. The molecular weight excluding hydrogens is 172 g/mol. The topological polar surface area (TPSA) is 70.7 Å². The van der Waals surface area contributed by atoms with E-state index in [0.717, 1.165) is 0 Å². The zero-order chi connectivity index (χ0) is 9.84. The highest BCUT2D eigenvalue weighted by Crippen LogP contribution is 2.19. The molecule has 0 unspecified atom stereocenters. The Balaban J connectivity index is 2.65. The predicted molar refractivity (Wildman–Crippen MR) is 44.9 cm³/mol. The van der Waals surface area contributed by atoms with Crippen molar-refractivity contribution in [1.29, 1.82) is 0 Å². The lowest BCUT2D eigenvalue weighted by atomic mass is 10.1. The van der Waals surface area contributed by atoms with Gasteiger partial charge in [0.1, 0.15) is 30.0 Å². The minimum Gasteiger partial charge on any atom is -0.461 e. The summed E-state index contributed by atoms with van der Waals surface area (Å²) in [5, 5.41) is 18.1. The first-order chi connectivity index (χ1) is 6.13. The molecule has 0 radical (unpaired) electrons. The highest BCUT2D eigenvalue weighted by Gasteiger charge is 2.13. The van der Waals surface area contributed by atoms with Crippen molar-refractivity contribution in [2.45, 2.75) is 26.1 Å². The Bertz CT molecular complexity index is 290. The van der Waals surface area contributed by atoms with Crippen LogP contribution in [-0.4, -0.2) is 16.0 Å². The summed E-state index contributed by atoms with van der Waals surface area (Å²) in [6, 6.07) is 3.12. The average molecular weight is 184 g/mol. The van der Waals surface area contributed by atoms with Gasteiger partial charge in [0.2, 0.25) is 0 Å². The van der Waals surface area contributed by atoms with E-state index in [1.165, 1.54) is 6.92 Å². The third-order valence-corrected chi connectivity index (χ3v) is 1.65. The van der Waals surface area contributed by atoms with Gasteiger partial charge >= 0.3 is 0 Å². The number of ketones is 1. The van der Waals surface area contributed by atoms with Crippen molar-refractivity contribution in [1.82, 2.24) is 0 Å². The largest absolute Gasteiger partial charge is 0.461 e. The molecule has 1 aromatic rings. The fraction of sp³-hybridized carbons (Fsp3) is 0.444. The van der Waals surface area contributed by atoms with Crippen molar-refractivity contribution in [3.05, 3.63) is 23.7 Å². The molecule has 72 valence electrons. The van der Waals surface area contributed by atoms with E-state index < -0.39 is 6.10 Å². The van der Waals surface area contributed by atoms with E-state index in [9.17, 15) is 9.90 Å². The van der Waals surface area contributed by atoms with Crippen LogP contribution in [-0.2, 0) is 11.4 Å². The van der Waals surface area contributed by atoms with Gasteiger partial charge in [0.15, 0.2) is 0 Å². The number of aliphatic hydroxyl groups is 2. The van der Waals surface area contributed by atoms with Crippen LogP contribution >= 0.6 is 0 Å². The van der Waals surface area contributed by atoms with Crippen LogP contribution < -0.4 is 0 Å². The third-order valence-electron chi connectivity index (χ3n) is 1.65. The van der Waals surface area contributed by atoms with E-state index in [0.29, 0.717) is 11.5 Å². The highest BCUT2D eigenvalue weighted by atomic mass is 16.4. The zero-order valence-electron chi connectivity index (χ0n) is 7.36. The second kappa shape index (κ2) is 4.20. The number of aliphatic hydroxyl groups excluding tert-OH is 2. The molecule has 0 bridgehead atoms. The summed E-state index contributed by atoms with van der Waals surface area (Å²) in [6.07, 6.45) is -0.865. The van der Waals surface area contributed by atoms with E-state index >= 15 is 0 Å². The van der Waals surface area contributed by atoms with Gasteiger partial charge in [-0.15, -0.1) is 0 Å². The van der Waals surface area contributed by atoms with Crippen molar-refractivity contribution < 1.29 is 19.4 Å². The van der Waals surface area contributed by atoms with Crippen LogP contribution in [0.5, 0.6) is 0 Å². The molecule has 2 N–H and O–H groups in total. The third kappa shape index (κ3) is 2.68. The molecule has 0 aliphatic carbocycles. The fourth-order valence-electron chi connectivity index (χ4n) is 1.03. The van der Waals surface area contributed by atoms with Crippen molar-refractivity contribution in [3.8, 4) is 0 Å². The lowest BCUT2D eigenvalue weighted by molar-refractivity contribution is -0.119. The number of rotatable bonds is 4. The average Bonchev–Trinajstić information content (AvgIpc) is 2.50. The number of hydrogen-bond donors (Lipinski definition) is 2. The molecule has 0 fully saturated rings. The predicted octanol–water partition coefficient (Wildman–Crippen LogP) is 0.784. The second-order valence-corrected chi connectivity index (χ2v) is 2.88. The molecule has 0 amide bonds. The van der Waals surface area contributed by atoms with E-state index in [1.54, 1.807) is 12.1 Å². The summed E-state index contributed by atoms with van der Waals surface area (Å²) in [5.74, 6) is 0.603. The summed E-state index contributed by atoms with van der Waals surface area (Å²) < 4.78 is 5.04. The van der Waals surface area contributed by atoms with Crippen molar-refractivity contribution in [2.24, 2.45) is 0 Å². The van der Waals surface area contributed by atoms with Gasteiger partial charge in [0.25, 0.3) is 0 Å². The quantitative estimate of drug-likeness (QED) is 0.725. The van der Waals surface area contributed by atoms with E-state index in [1.807, 2.05) is 0 Å². The smallest absolute Gasteiger partial charge is 0.133 e. The number of carbonyl (C=O) groups excluding carboxylic acids is 1. The van der Waals surface area contributed by atoms with E-state index in [4.69, 9.17) is 9.52 Å². The number of carbonyl (C=O) groups is 1. The van der Waals surface area contributed by atoms with Crippen LogP contribution in [0.2, 0.25) is 0 Å². The Kier molecular flexibility index (Phi) is 3.22. The van der Waals surface area contributed by atoms with Gasteiger partial charge in [-0.2, -0.15) is 0 Å². The van der Waals surface area contributed by atoms with E-state index in [-0.39, 0.29) is 18.8 Å². The first kappa shape index (κ1) is 9.95. The minimum absolute atomic E-state index is 0.0401. The molecule has 1 heterocycles. The Hall–Kier alpha value is -1.13. The summed E-state index contributed by atoms with van der Waals surface area (Å²) in [7, 11) is 0. The first-order valence-electron chi connectivity index (χ1n) is 4.00. The Morgan fingerprint density at radius 3 is 2.77 bits per heavy atom. The van der Waals surface area contributed by atoms with Gasteiger partial charge < -0.3 is 14.6 Å². The molecule has 0 spiro atoms. The molecular formula is C9H12O4. The highest BCUT2D eigenvalue weighted by molar-refractivity contribution is 5.76. The van der Waals surface area contributed by atoms with Gasteiger partial charge in [-0.3, -0.25) is 4.79 Å². The molecule has 0 aliphatic rings. The SMILES string of the molecule is CC(=O)C[C@@H](O)c1ccc(CO)o1. The number of furan rings is 1. The van der Waals surface area contributed by atoms with Gasteiger partial charge in [0.05, 0.1) is 0 Å². The maximum absolute atomic E-state index is 10.7. The molecule has 0 saturated carbocycles. The molecule has 1 rings (SSSR count).